The summed E-state index contributed by atoms with van der Waals surface area (Å²) in [5.41, 5.74) is -0.390. The maximum Gasteiger partial charge on any atom is 0.310 e. The van der Waals surface area contributed by atoms with Crippen LogP contribution in [0.25, 0.3) is 0 Å². The molecule has 1 aromatic heterocycles. The number of carbonyl (C=O) groups excluding carboxylic acids is 3. The van der Waals surface area contributed by atoms with Crippen LogP contribution in [0, 0.1) is 28.6 Å². The summed E-state index contributed by atoms with van der Waals surface area (Å²) in [7, 11) is 1.41. The molecule has 0 spiro atoms. The standard InChI is InChI=1S/C24H33NO6/c1-13(2)25-17-10-16(21(27)29-5)23(3)8-6-15-22(28)31-18(14-7-9-30-12-14)11-24(15,4)20(23)19(17)26/h7,9,12-13,15-18,20,25H,6,8,10-11H2,1-5H3/t15-,16-,17-,18-,20-,23-,24-/m0/s1. The van der Waals surface area contributed by atoms with E-state index >= 15 is 0 Å². The normalized spacial score (nSPS) is 40.1. The Morgan fingerprint density at radius 1 is 1.26 bits per heavy atom. The summed E-state index contributed by atoms with van der Waals surface area (Å²) >= 11 is 0. The Morgan fingerprint density at radius 2 is 2.00 bits per heavy atom. The molecule has 2 heterocycles. The first-order valence-electron chi connectivity index (χ1n) is 11.2. The molecule has 170 valence electrons. The Balaban J connectivity index is 1.79. The number of Topliss-reactive ketones (excluding diaryl/α,β-unsaturated/α-hetero) is 1. The number of hydrogen-bond acceptors (Lipinski definition) is 7. The minimum Gasteiger partial charge on any atom is -0.472 e. The Labute approximate surface area is 183 Å². The molecule has 1 N–H and O–H groups in total. The summed E-state index contributed by atoms with van der Waals surface area (Å²) < 4.78 is 16.2. The number of fused-ring (bicyclic) bond motifs is 3. The summed E-state index contributed by atoms with van der Waals surface area (Å²) in [6.45, 7) is 8.06. The van der Waals surface area contributed by atoms with Crippen LogP contribution < -0.4 is 5.32 Å². The second-order valence-electron chi connectivity index (χ2n) is 10.3. The van der Waals surface area contributed by atoms with E-state index in [0.717, 1.165) is 5.56 Å². The molecule has 3 aliphatic rings. The topological polar surface area (TPSA) is 94.8 Å². The van der Waals surface area contributed by atoms with Gasteiger partial charge in [0.05, 0.1) is 37.5 Å². The molecular formula is C24H33NO6. The minimum absolute atomic E-state index is 0.0961. The van der Waals surface area contributed by atoms with Gasteiger partial charge in [-0.15, -0.1) is 0 Å². The van der Waals surface area contributed by atoms with E-state index in [1.807, 2.05) is 27.7 Å². The van der Waals surface area contributed by atoms with Crippen LogP contribution in [0.2, 0.25) is 0 Å². The summed E-state index contributed by atoms with van der Waals surface area (Å²) in [4.78, 5) is 39.9. The molecule has 1 saturated heterocycles. The number of cyclic esters (lactones) is 1. The van der Waals surface area contributed by atoms with Crippen LogP contribution in [0.5, 0.6) is 0 Å². The van der Waals surface area contributed by atoms with Crippen LogP contribution in [0.4, 0.5) is 0 Å². The quantitative estimate of drug-likeness (QED) is 0.730. The highest BCUT2D eigenvalue weighted by Crippen LogP contribution is 2.64. The van der Waals surface area contributed by atoms with Crippen molar-refractivity contribution in [2.24, 2.45) is 28.6 Å². The zero-order valence-corrected chi connectivity index (χ0v) is 19.0. The number of methoxy groups -OCH3 is 1. The third-order valence-electron chi connectivity index (χ3n) is 8.09. The van der Waals surface area contributed by atoms with Gasteiger partial charge in [0.15, 0.2) is 5.78 Å². The van der Waals surface area contributed by atoms with Gasteiger partial charge in [-0.25, -0.2) is 0 Å². The molecule has 0 unspecified atom stereocenters. The van der Waals surface area contributed by atoms with Crippen molar-refractivity contribution in [2.45, 2.75) is 71.6 Å². The molecule has 7 heteroatoms. The van der Waals surface area contributed by atoms with Gasteiger partial charge >= 0.3 is 11.9 Å². The lowest BCUT2D eigenvalue weighted by Crippen LogP contribution is -2.66. The molecule has 0 radical (unpaired) electrons. The van der Waals surface area contributed by atoms with Gasteiger partial charge in [-0.1, -0.05) is 27.7 Å². The van der Waals surface area contributed by atoms with Crippen LogP contribution in [-0.2, 0) is 23.9 Å². The number of ketones is 1. The molecule has 0 amide bonds. The summed E-state index contributed by atoms with van der Waals surface area (Å²) in [5, 5.41) is 3.36. The van der Waals surface area contributed by atoms with E-state index in [2.05, 4.69) is 5.32 Å². The van der Waals surface area contributed by atoms with E-state index in [4.69, 9.17) is 13.9 Å². The lowest BCUT2D eigenvalue weighted by molar-refractivity contribution is -0.203. The van der Waals surface area contributed by atoms with Gasteiger partial charge in [0.2, 0.25) is 0 Å². The first kappa shape index (κ1) is 22.1. The van der Waals surface area contributed by atoms with Gasteiger partial charge in [-0.2, -0.15) is 0 Å². The second kappa shape index (κ2) is 7.76. The average molecular weight is 432 g/mol. The fraction of sp³-hybridized carbons (Fsp3) is 0.708. The molecule has 7 nitrogen and oxygen atoms in total. The molecule has 0 aromatic carbocycles. The SMILES string of the molecule is COC(=O)[C@@H]1C[C@H](NC(C)C)C(=O)[C@H]2[C@@]1(C)CC[C@H]1C(=O)O[C@H](c3ccoc3)C[C@]21C. The number of carbonyl (C=O) groups is 3. The fourth-order valence-electron chi connectivity index (χ4n) is 6.75. The lowest BCUT2D eigenvalue weighted by Gasteiger charge is -2.61. The maximum atomic E-state index is 13.9. The third kappa shape index (κ3) is 3.41. The molecule has 2 saturated carbocycles. The largest absolute Gasteiger partial charge is 0.472 e. The smallest absolute Gasteiger partial charge is 0.310 e. The molecule has 4 rings (SSSR count). The molecule has 31 heavy (non-hydrogen) atoms. The number of furan rings is 1. The van der Waals surface area contributed by atoms with Crippen molar-refractivity contribution < 1.29 is 28.3 Å². The van der Waals surface area contributed by atoms with E-state index in [-0.39, 0.29) is 29.7 Å². The fourth-order valence-corrected chi connectivity index (χ4v) is 6.75. The Kier molecular flexibility index (Phi) is 5.53. The first-order valence-corrected chi connectivity index (χ1v) is 11.2. The Hall–Kier alpha value is -2.15. The molecule has 1 aromatic rings. The molecule has 1 aliphatic heterocycles. The van der Waals surface area contributed by atoms with E-state index in [1.54, 1.807) is 18.6 Å². The summed E-state index contributed by atoms with van der Waals surface area (Å²) in [6.07, 6.45) is 4.85. The molecule has 3 fully saturated rings. The van der Waals surface area contributed by atoms with E-state index < -0.39 is 34.8 Å². The Morgan fingerprint density at radius 3 is 2.61 bits per heavy atom. The first-order chi connectivity index (χ1) is 14.6. The zero-order valence-electron chi connectivity index (χ0n) is 19.0. The zero-order chi connectivity index (χ0) is 22.6. The third-order valence-corrected chi connectivity index (χ3v) is 8.09. The van der Waals surface area contributed by atoms with Crippen molar-refractivity contribution in [3.8, 4) is 0 Å². The average Bonchev–Trinajstić information content (AvgIpc) is 3.23. The number of hydrogen-bond donors (Lipinski definition) is 1. The van der Waals surface area contributed by atoms with Crippen LogP contribution in [-0.4, -0.2) is 36.9 Å². The van der Waals surface area contributed by atoms with Gasteiger partial charge < -0.3 is 19.2 Å². The number of nitrogens with one attached hydrogen (secondary N) is 1. The predicted molar refractivity (Wildman–Crippen MR) is 112 cm³/mol. The van der Waals surface area contributed by atoms with E-state index in [0.29, 0.717) is 25.7 Å². The molecule has 0 bridgehead atoms. The molecule has 7 atom stereocenters. The number of ether oxygens (including phenoxy) is 2. The summed E-state index contributed by atoms with van der Waals surface area (Å²) in [6, 6.07) is 1.45. The second-order valence-corrected chi connectivity index (χ2v) is 10.3. The van der Waals surface area contributed by atoms with Gasteiger partial charge in [0.1, 0.15) is 6.10 Å². The van der Waals surface area contributed by atoms with Crippen molar-refractivity contribution in [3.63, 3.8) is 0 Å². The maximum absolute atomic E-state index is 13.9. The number of esters is 2. The van der Waals surface area contributed by atoms with Crippen LogP contribution in [0.3, 0.4) is 0 Å². The van der Waals surface area contributed by atoms with Crippen LogP contribution >= 0.6 is 0 Å². The van der Waals surface area contributed by atoms with Crippen LogP contribution in [0.1, 0.15) is 65.0 Å². The van der Waals surface area contributed by atoms with Crippen molar-refractivity contribution in [1.82, 2.24) is 5.32 Å². The van der Waals surface area contributed by atoms with Crippen molar-refractivity contribution in [1.29, 1.82) is 0 Å². The molecule has 2 aliphatic carbocycles. The van der Waals surface area contributed by atoms with E-state index in [1.165, 1.54) is 7.11 Å². The van der Waals surface area contributed by atoms with Crippen molar-refractivity contribution >= 4 is 17.7 Å². The van der Waals surface area contributed by atoms with Gasteiger partial charge in [-0.05, 0) is 42.6 Å². The predicted octanol–water partition coefficient (Wildman–Crippen LogP) is 3.44. The minimum atomic E-state index is -0.620. The highest BCUT2D eigenvalue weighted by molar-refractivity contribution is 5.92. The molecular weight excluding hydrogens is 398 g/mol. The van der Waals surface area contributed by atoms with Gasteiger partial charge in [0, 0.05) is 17.5 Å². The monoisotopic (exact) mass is 431 g/mol. The number of rotatable bonds is 4. The highest BCUT2D eigenvalue weighted by Gasteiger charge is 2.67. The van der Waals surface area contributed by atoms with Crippen LogP contribution in [0.15, 0.2) is 23.0 Å². The van der Waals surface area contributed by atoms with Gasteiger partial charge in [0.25, 0.3) is 0 Å². The summed E-state index contributed by atoms with van der Waals surface area (Å²) in [5.74, 6) is -1.65. The van der Waals surface area contributed by atoms with Crippen molar-refractivity contribution in [3.05, 3.63) is 24.2 Å². The highest BCUT2D eigenvalue weighted by atomic mass is 16.5. The lowest BCUT2D eigenvalue weighted by atomic mass is 9.43. The van der Waals surface area contributed by atoms with Gasteiger partial charge in [-0.3, -0.25) is 14.4 Å². The Bertz CT molecular complexity index is 863. The van der Waals surface area contributed by atoms with Crippen molar-refractivity contribution in [2.75, 3.05) is 7.11 Å². The van der Waals surface area contributed by atoms with E-state index in [9.17, 15) is 14.4 Å².